The molecule has 3 atom stereocenters. The highest BCUT2D eigenvalue weighted by Crippen LogP contribution is 2.42. The number of carbonyl (C=O) groups is 1. The van der Waals surface area contributed by atoms with E-state index in [-0.39, 0.29) is 29.5 Å². The fourth-order valence-electron chi connectivity index (χ4n) is 7.32. The first-order valence-electron chi connectivity index (χ1n) is 16.2. The minimum Gasteiger partial charge on any atom is -0.463 e. The van der Waals surface area contributed by atoms with Crippen LogP contribution in [0.15, 0.2) is 35.3 Å². The lowest BCUT2D eigenvalue weighted by atomic mass is 9.80. The topological polar surface area (TPSA) is 141 Å². The zero-order chi connectivity index (χ0) is 29.9. The molecule has 3 unspecified atom stereocenters. The first kappa shape index (κ1) is 29.5. The molecule has 3 aliphatic rings. The molecule has 10 nitrogen and oxygen atoms in total. The molecule has 0 spiro atoms. The van der Waals surface area contributed by atoms with E-state index in [0.717, 1.165) is 30.2 Å². The molecule has 6 rings (SSSR count). The number of benzene rings is 1. The van der Waals surface area contributed by atoms with Gasteiger partial charge in [0.05, 0.1) is 6.61 Å². The number of amidine groups is 1. The molecule has 0 bridgehead atoms. The summed E-state index contributed by atoms with van der Waals surface area (Å²) in [4.78, 5) is 29.7. The number of nitrogens with two attached hydrogens (primary N) is 1. The Bertz CT molecular complexity index is 1440. The van der Waals surface area contributed by atoms with Crippen LogP contribution in [0.4, 0.5) is 10.6 Å². The van der Waals surface area contributed by atoms with Gasteiger partial charge in [-0.25, -0.2) is 19.7 Å². The van der Waals surface area contributed by atoms with Gasteiger partial charge < -0.3 is 25.5 Å². The van der Waals surface area contributed by atoms with Gasteiger partial charge in [-0.15, -0.1) is 0 Å². The third kappa shape index (κ3) is 6.39. The second kappa shape index (κ2) is 13.0. The van der Waals surface area contributed by atoms with Crippen LogP contribution in [0.2, 0.25) is 0 Å². The average Bonchev–Trinajstić information content (AvgIpc) is 3.35. The summed E-state index contributed by atoms with van der Waals surface area (Å²) in [6, 6.07) is 10.8. The van der Waals surface area contributed by atoms with E-state index in [1.165, 1.54) is 56.9 Å². The lowest BCUT2D eigenvalue weighted by molar-refractivity contribution is 0.0647. The van der Waals surface area contributed by atoms with Gasteiger partial charge in [0.1, 0.15) is 11.3 Å². The van der Waals surface area contributed by atoms with Crippen molar-refractivity contribution in [2.75, 3.05) is 18.5 Å². The summed E-state index contributed by atoms with van der Waals surface area (Å²) in [5, 5.41) is 13.0. The Kier molecular flexibility index (Phi) is 8.93. The summed E-state index contributed by atoms with van der Waals surface area (Å²) in [5.41, 5.74) is 8.77. The summed E-state index contributed by atoms with van der Waals surface area (Å²) >= 11 is 0. The van der Waals surface area contributed by atoms with Gasteiger partial charge >= 0.3 is 6.09 Å². The van der Waals surface area contributed by atoms with Crippen molar-refractivity contribution in [3.05, 3.63) is 47.5 Å². The first-order chi connectivity index (χ1) is 20.9. The first-order valence-corrected chi connectivity index (χ1v) is 16.2. The zero-order valence-corrected chi connectivity index (χ0v) is 25.4. The van der Waals surface area contributed by atoms with E-state index >= 15 is 0 Å². The van der Waals surface area contributed by atoms with Crippen molar-refractivity contribution >= 4 is 28.9 Å². The minimum atomic E-state index is -1.37. The molecule has 4 N–H and O–H groups in total. The molecule has 3 aromatic rings. The summed E-state index contributed by atoms with van der Waals surface area (Å²) in [5.74, 6) is 3.76. The van der Waals surface area contributed by atoms with Crippen molar-refractivity contribution in [2.45, 2.75) is 96.1 Å². The number of nitrogens with zero attached hydrogens (tertiary/aromatic N) is 5. The van der Waals surface area contributed by atoms with Crippen LogP contribution in [0, 0.1) is 17.8 Å². The molecule has 10 heteroatoms. The van der Waals surface area contributed by atoms with E-state index in [2.05, 4.69) is 53.0 Å². The van der Waals surface area contributed by atoms with Crippen LogP contribution < -0.4 is 11.1 Å². The van der Waals surface area contributed by atoms with Crippen molar-refractivity contribution in [1.29, 1.82) is 0 Å². The third-order valence-electron chi connectivity index (χ3n) is 10.2. The predicted octanol–water partition coefficient (Wildman–Crippen LogP) is 6.31. The highest BCUT2D eigenvalue weighted by Gasteiger charge is 2.35. The van der Waals surface area contributed by atoms with Crippen LogP contribution in [-0.2, 0) is 11.3 Å². The minimum absolute atomic E-state index is 0.0875. The molecule has 0 radical (unpaired) electrons. The van der Waals surface area contributed by atoms with Gasteiger partial charge in [-0.1, -0.05) is 62.9 Å². The Morgan fingerprint density at radius 3 is 2.49 bits per heavy atom. The SMILES string of the molecule is CCC1CCC(Cn2c(C3CCOCC3c3ccccc3)nc3nc(C(N)=NC(=O)O)nc(NC(C)C4CCC4)c32)CC1. The van der Waals surface area contributed by atoms with Gasteiger partial charge in [0, 0.05) is 31.0 Å². The van der Waals surface area contributed by atoms with Gasteiger partial charge in [0.25, 0.3) is 0 Å². The monoisotopic (exact) mass is 587 g/mol. The van der Waals surface area contributed by atoms with Crippen LogP contribution >= 0.6 is 0 Å². The molecule has 1 aliphatic heterocycles. The van der Waals surface area contributed by atoms with E-state index < -0.39 is 6.09 Å². The third-order valence-corrected chi connectivity index (χ3v) is 10.2. The van der Waals surface area contributed by atoms with Crippen molar-refractivity contribution in [2.24, 2.45) is 28.5 Å². The van der Waals surface area contributed by atoms with Gasteiger partial charge in [0.2, 0.25) is 0 Å². The molecule has 3 heterocycles. The normalized spacial score (nSPS) is 25.8. The fraction of sp³-hybridized carbons (Fsp3) is 0.606. The molecule has 230 valence electrons. The van der Waals surface area contributed by atoms with Crippen molar-refractivity contribution in [1.82, 2.24) is 19.5 Å². The number of hydrogen-bond acceptors (Lipinski definition) is 6. The number of amides is 1. The second-order valence-corrected chi connectivity index (χ2v) is 12.8. The van der Waals surface area contributed by atoms with Gasteiger partial charge in [-0.3, -0.25) is 0 Å². The standard InChI is InChI=1S/C33H45N7O3/c1-3-21-12-14-22(15-13-21)18-40-27-29(35-20(2)23-10-7-11-23)37-31(28(34)36-33(41)42)38-30(27)39-32(40)25-16-17-43-19-26(25)24-8-5-4-6-9-24/h4-6,8-9,20-23,25-26H,3,7,10-19H2,1-2H3,(H2,34,36)(H,41,42)(H,35,37,38). The molecule has 1 aromatic carbocycles. The van der Waals surface area contributed by atoms with E-state index in [0.29, 0.717) is 36.5 Å². The molecule has 2 aromatic heterocycles. The number of carboxylic acid groups (broad SMARTS) is 1. The summed E-state index contributed by atoms with van der Waals surface area (Å²) in [7, 11) is 0. The van der Waals surface area contributed by atoms with Crippen molar-refractivity contribution < 1.29 is 14.6 Å². The summed E-state index contributed by atoms with van der Waals surface area (Å²) in [6.07, 6.45) is 9.27. The van der Waals surface area contributed by atoms with Crippen LogP contribution in [-0.4, -0.2) is 55.8 Å². The largest absolute Gasteiger partial charge is 0.463 e. The number of nitrogens with one attached hydrogen (secondary N) is 1. The molecule has 2 aliphatic carbocycles. The number of imidazole rings is 1. The lowest BCUT2D eigenvalue weighted by Gasteiger charge is -2.34. The van der Waals surface area contributed by atoms with Crippen LogP contribution in [0.5, 0.6) is 0 Å². The Balaban J connectivity index is 1.49. The quantitative estimate of drug-likeness (QED) is 0.195. The van der Waals surface area contributed by atoms with Gasteiger partial charge in [-0.2, -0.15) is 4.99 Å². The van der Waals surface area contributed by atoms with Gasteiger partial charge in [-0.05, 0) is 62.3 Å². The average molecular weight is 588 g/mol. The number of anilines is 1. The van der Waals surface area contributed by atoms with E-state index in [1.54, 1.807) is 0 Å². The lowest BCUT2D eigenvalue weighted by Crippen LogP contribution is -2.32. The van der Waals surface area contributed by atoms with E-state index in [1.807, 2.05) is 6.07 Å². The fourth-order valence-corrected chi connectivity index (χ4v) is 7.32. The highest BCUT2D eigenvalue weighted by atomic mass is 16.5. The molecule has 43 heavy (non-hydrogen) atoms. The molecular weight excluding hydrogens is 542 g/mol. The smallest absolute Gasteiger partial charge is 0.433 e. The molecule has 1 amide bonds. The Morgan fingerprint density at radius 1 is 1.07 bits per heavy atom. The molecule has 2 saturated carbocycles. The number of aliphatic imine (C=N–C) groups is 1. The zero-order valence-electron chi connectivity index (χ0n) is 25.4. The Hall–Kier alpha value is -3.53. The number of rotatable bonds is 9. The Morgan fingerprint density at radius 2 is 1.81 bits per heavy atom. The Labute approximate surface area is 253 Å². The molecule has 1 saturated heterocycles. The molecular formula is C33H45N7O3. The maximum absolute atomic E-state index is 11.4. The predicted molar refractivity (Wildman–Crippen MR) is 168 cm³/mol. The van der Waals surface area contributed by atoms with E-state index in [4.69, 9.17) is 25.4 Å². The molecule has 3 fully saturated rings. The second-order valence-electron chi connectivity index (χ2n) is 12.8. The van der Waals surface area contributed by atoms with Crippen LogP contribution in [0.25, 0.3) is 11.2 Å². The van der Waals surface area contributed by atoms with Crippen LogP contribution in [0.3, 0.4) is 0 Å². The number of aromatic nitrogens is 4. The van der Waals surface area contributed by atoms with Crippen molar-refractivity contribution in [3.63, 3.8) is 0 Å². The number of fused-ring (bicyclic) bond motifs is 1. The number of hydrogen-bond donors (Lipinski definition) is 3. The summed E-state index contributed by atoms with van der Waals surface area (Å²) in [6.45, 7) is 6.67. The maximum atomic E-state index is 11.4. The van der Waals surface area contributed by atoms with Crippen LogP contribution in [0.1, 0.15) is 101 Å². The highest BCUT2D eigenvalue weighted by molar-refractivity contribution is 6.01. The number of ether oxygens (including phenoxy) is 1. The van der Waals surface area contributed by atoms with E-state index in [9.17, 15) is 9.90 Å². The maximum Gasteiger partial charge on any atom is 0.433 e. The van der Waals surface area contributed by atoms with Crippen molar-refractivity contribution in [3.8, 4) is 0 Å². The summed E-state index contributed by atoms with van der Waals surface area (Å²) < 4.78 is 8.41. The van der Waals surface area contributed by atoms with Gasteiger partial charge in [0.15, 0.2) is 23.1 Å².